The summed E-state index contributed by atoms with van der Waals surface area (Å²) in [5, 5.41) is 32.8. The van der Waals surface area contributed by atoms with Crippen molar-refractivity contribution in [2.75, 3.05) is 50.1 Å². The number of benzene rings is 5. The highest BCUT2D eigenvalue weighted by Crippen LogP contribution is 2.45. The Morgan fingerprint density at radius 1 is 0.421 bits per heavy atom. The lowest BCUT2D eigenvalue weighted by Crippen LogP contribution is -2.46. The number of nitro groups is 3. The number of fused-ring (bicyclic) bond motifs is 12. The first-order valence-corrected chi connectivity index (χ1v) is 18.4. The molecular weight excluding hydrogens is 729 g/mol. The highest BCUT2D eigenvalue weighted by atomic mass is 16.6. The fourth-order valence-corrected chi connectivity index (χ4v) is 8.57. The van der Waals surface area contributed by atoms with Crippen LogP contribution in [0, 0.1) is 65.0 Å². The number of anilines is 7. The molecule has 0 aromatic heterocycles. The first-order chi connectivity index (χ1) is 27.1. The van der Waals surface area contributed by atoms with Crippen LogP contribution >= 0.6 is 0 Å². The maximum atomic E-state index is 11.2. The van der Waals surface area contributed by atoms with Crippen molar-refractivity contribution in [3.05, 3.63) is 147 Å². The van der Waals surface area contributed by atoms with Crippen molar-refractivity contribution in [2.45, 2.75) is 60.8 Å². The van der Waals surface area contributed by atoms with Crippen LogP contribution in [0.15, 0.2) is 66.7 Å². The topological polar surface area (TPSA) is 220 Å². The van der Waals surface area contributed by atoms with E-state index in [9.17, 15) is 30.3 Å². The lowest BCUT2D eigenvalue weighted by Gasteiger charge is -2.46. The molecule has 294 valence electrons. The summed E-state index contributed by atoms with van der Waals surface area (Å²) in [7, 11) is 0. The number of nitrogens with two attached hydrogens (primary N) is 3. The van der Waals surface area contributed by atoms with Crippen LogP contribution in [0.25, 0.3) is 0 Å². The van der Waals surface area contributed by atoms with Gasteiger partial charge < -0.3 is 36.8 Å². The van der Waals surface area contributed by atoms with Crippen molar-refractivity contribution in [3.63, 3.8) is 0 Å². The van der Waals surface area contributed by atoms with Gasteiger partial charge >= 0.3 is 0 Å². The third-order valence-corrected chi connectivity index (χ3v) is 11.4. The molecule has 0 aliphatic carbocycles. The van der Waals surface area contributed by atoms with Crippen LogP contribution in [-0.2, 0) is 26.2 Å². The lowest BCUT2D eigenvalue weighted by molar-refractivity contribution is -0.385. The van der Waals surface area contributed by atoms with E-state index in [2.05, 4.69) is 45.6 Å². The zero-order valence-electron chi connectivity index (χ0n) is 32.4. The molecule has 0 amide bonds. The van der Waals surface area contributed by atoms with Gasteiger partial charge in [-0.2, -0.15) is 0 Å². The molecule has 4 aliphatic rings. The van der Waals surface area contributed by atoms with E-state index < -0.39 is 4.92 Å². The highest BCUT2D eigenvalue weighted by molar-refractivity contribution is 5.78. The first kappa shape index (κ1) is 38.2. The second kappa shape index (κ2) is 14.5. The average Bonchev–Trinajstić information content (AvgIpc) is 3.15. The molecule has 6 N–H and O–H groups in total. The molecule has 0 saturated heterocycles. The van der Waals surface area contributed by atoms with E-state index in [1.807, 2.05) is 12.1 Å². The van der Waals surface area contributed by atoms with Crippen molar-refractivity contribution in [3.8, 4) is 0 Å². The van der Waals surface area contributed by atoms with Gasteiger partial charge in [-0.15, -0.1) is 0 Å². The predicted molar refractivity (Wildman–Crippen MR) is 224 cm³/mol. The molecule has 5 aromatic rings. The molecule has 0 atom stereocenters. The summed E-state index contributed by atoms with van der Waals surface area (Å²) in [6, 6.07) is 19.7. The number of hydrogen-bond acceptors (Lipinski definition) is 13. The summed E-state index contributed by atoms with van der Waals surface area (Å²) in [6.07, 6.45) is 0. The predicted octanol–water partition coefficient (Wildman–Crippen LogP) is 7.67. The molecule has 57 heavy (non-hydrogen) atoms. The average molecular weight is 773 g/mol. The van der Waals surface area contributed by atoms with Gasteiger partial charge in [-0.1, -0.05) is 18.2 Å². The van der Waals surface area contributed by atoms with Gasteiger partial charge in [0, 0.05) is 78.4 Å². The largest absolute Gasteiger partial charge is 0.398 e. The van der Waals surface area contributed by atoms with Gasteiger partial charge in [0.1, 0.15) is 0 Å². The van der Waals surface area contributed by atoms with Crippen LogP contribution in [0.1, 0.15) is 50.1 Å². The molecule has 0 unspecified atom stereocenters. The number of hydrogen-bond donors (Lipinski definition) is 3. The monoisotopic (exact) mass is 772 g/mol. The Balaban J connectivity index is 0.000000140. The van der Waals surface area contributed by atoms with Crippen molar-refractivity contribution < 1.29 is 14.8 Å². The smallest absolute Gasteiger partial charge is 0.274 e. The Hall–Kier alpha value is -7.10. The molecule has 5 aromatic carbocycles. The number of nitrogen functional groups attached to an aromatic ring is 3. The highest BCUT2D eigenvalue weighted by Gasteiger charge is 2.35. The quantitative estimate of drug-likeness (QED) is 0.0911. The standard InChI is InChI=1S/C17H16N4O4.C17H20N4.C7H8N2O2/c1-10-14(20(22)23)5-3-12-7-19-9-18(16(10)12)8-13-4-6-15(21(24)25)11(2)17(13)19;1-10-14(18)5-3-12-7-21-9-20(16(10)12)8-13-4-6-15(19)11(2)17(13)21;1-5-6(8)3-2-4-7(5)9(10)11/h3-6H,7-9H2,1-2H3;3-6H,7-9,18-19H2,1-2H3;2-4H,8H2,1H3. The van der Waals surface area contributed by atoms with Crippen molar-refractivity contribution in [1.82, 2.24) is 0 Å². The van der Waals surface area contributed by atoms with E-state index in [0.717, 1.165) is 53.6 Å². The van der Waals surface area contributed by atoms with Crippen LogP contribution in [-0.4, -0.2) is 28.1 Å². The van der Waals surface area contributed by atoms with E-state index in [1.54, 1.807) is 57.2 Å². The molecule has 0 spiro atoms. The van der Waals surface area contributed by atoms with Crippen molar-refractivity contribution in [2.24, 2.45) is 0 Å². The third kappa shape index (κ3) is 6.68. The lowest BCUT2D eigenvalue weighted by atomic mass is 9.95. The number of rotatable bonds is 3. The molecule has 4 heterocycles. The Morgan fingerprint density at radius 3 is 1.05 bits per heavy atom. The molecule has 4 aliphatic heterocycles. The van der Waals surface area contributed by atoms with Crippen molar-refractivity contribution in [1.29, 1.82) is 0 Å². The molecule has 0 fully saturated rings. The van der Waals surface area contributed by atoms with E-state index in [-0.39, 0.29) is 26.9 Å². The van der Waals surface area contributed by atoms with Crippen LogP contribution in [0.2, 0.25) is 0 Å². The molecule has 16 nitrogen and oxygen atoms in total. The van der Waals surface area contributed by atoms with Gasteiger partial charge in [-0.05, 0) is 98.3 Å². The summed E-state index contributed by atoms with van der Waals surface area (Å²) in [6.45, 7) is 13.9. The van der Waals surface area contributed by atoms with Gasteiger partial charge in [0.25, 0.3) is 17.1 Å². The molecule has 0 saturated carbocycles. The van der Waals surface area contributed by atoms with Gasteiger partial charge in [0.05, 0.1) is 50.6 Å². The van der Waals surface area contributed by atoms with E-state index in [4.69, 9.17) is 17.2 Å². The summed E-state index contributed by atoms with van der Waals surface area (Å²) in [5.74, 6) is 0. The number of nitrogens with zero attached hydrogens (tertiary/aromatic N) is 7. The fraction of sp³-hybridized carbons (Fsp3) is 0.268. The SMILES string of the molecule is Cc1c(N)ccc2c1N1Cc3ccc(N)c(C)c3N(C2)C1.Cc1c(N)cccc1[N+](=O)[O-].Cc1c([N+](=O)[O-])ccc2c1N1Cc3ccc([N+](=O)[O-])c(C)c3N(C2)C1. The molecule has 0 radical (unpaired) electrons. The Morgan fingerprint density at radius 2 is 0.719 bits per heavy atom. The summed E-state index contributed by atoms with van der Waals surface area (Å²) < 4.78 is 0. The van der Waals surface area contributed by atoms with E-state index >= 15 is 0 Å². The zero-order chi connectivity index (χ0) is 41.0. The van der Waals surface area contributed by atoms with Gasteiger partial charge in [-0.25, -0.2) is 0 Å². The van der Waals surface area contributed by atoms with E-state index in [0.29, 0.717) is 42.1 Å². The van der Waals surface area contributed by atoms with Crippen molar-refractivity contribution >= 4 is 56.9 Å². The zero-order valence-corrected chi connectivity index (χ0v) is 32.4. The van der Waals surface area contributed by atoms with Crippen LogP contribution in [0.4, 0.5) is 56.9 Å². The normalized spacial score (nSPS) is 14.1. The minimum absolute atomic E-state index is 0.0741. The minimum Gasteiger partial charge on any atom is -0.398 e. The maximum Gasteiger partial charge on any atom is 0.274 e. The second-order valence-corrected chi connectivity index (χ2v) is 14.8. The second-order valence-electron chi connectivity index (χ2n) is 14.8. The maximum absolute atomic E-state index is 11.2. The summed E-state index contributed by atoms with van der Waals surface area (Å²) in [5.41, 5.74) is 33.6. The minimum atomic E-state index is -0.439. The summed E-state index contributed by atoms with van der Waals surface area (Å²) in [4.78, 5) is 40.7. The van der Waals surface area contributed by atoms with Crippen LogP contribution in [0.5, 0.6) is 0 Å². The van der Waals surface area contributed by atoms with Gasteiger partial charge in [0.15, 0.2) is 0 Å². The first-order valence-electron chi connectivity index (χ1n) is 18.4. The molecule has 4 bridgehead atoms. The molecule has 9 rings (SSSR count). The summed E-state index contributed by atoms with van der Waals surface area (Å²) >= 11 is 0. The fourth-order valence-electron chi connectivity index (χ4n) is 8.57. The van der Waals surface area contributed by atoms with Gasteiger partial charge in [0.2, 0.25) is 0 Å². The Bertz CT molecular complexity index is 2370. The molecular formula is C41H44N10O6. The Labute approximate surface area is 329 Å². The third-order valence-electron chi connectivity index (χ3n) is 11.4. The Kier molecular flexibility index (Phi) is 9.73. The van der Waals surface area contributed by atoms with Crippen LogP contribution in [0.3, 0.4) is 0 Å². The number of nitro benzene ring substituents is 3. The molecule has 16 heteroatoms. The van der Waals surface area contributed by atoms with Gasteiger partial charge in [-0.3, -0.25) is 30.3 Å². The van der Waals surface area contributed by atoms with Crippen LogP contribution < -0.4 is 36.8 Å². The van der Waals surface area contributed by atoms with E-state index in [1.165, 1.54) is 39.7 Å².